The van der Waals surface area contributed by atoms with Crippen molar-refractivity contribution in [2.24, 2.45) is 0 Å². The summed E-state index contributed by atoms with van der Waals surface area (Å²) in [5.41, 5.74) is 7.36. The Kier molecular flexibility index (Phi) is 5.52. The molecule has 0 radical (unpaired) electrons. The van der Waals surface area contributed by atoms with Crippen molar-refractivity contribution in [2.45, 2.75) is 19.8 Å². The molecule has 18 heavy (non-hydrogen) atoms. The van der Waals surface area contributed by atoms with Gasteiger partial charge in [0, 0.05) is 19.5 Å². The average Bonchev–Trinajstić information content (AvgIpc) is 2.38. The van der Waals surface area contributed by atoms with E-state index in [4.69, 9.17) is 11.0 Å². The fourth-order valence-corrected chi connectivity index (χ4v) is 1.48. The van der Waals surface area contributed by atoms with E-state index in [-0.39, 0.29) is 5.91 Å². The number of carbonyl (C=O) groups is 1. The molecule has 0 heterocycles. The maximum atomic E-state index is 11.4. The summed E-state index contributed by atoms with van der Waals surface area (Å²) < 4.78 is 0. The normalized spacial score (nSPS) is 9.56. The van der Waals surface area contributed by atoms with Crippen molar-refractivity contribution >= 4 is 17.3 Å². The molecule has 4 N–H and O–H groups in total. The van der Waals surface area contributed by atoms with Crippen LogP contribution in [0.4, 0.5) is 11.4 Å². The lowest BCUT2D eigenvalue weighted by Crippen LogP contribution is -2.26. The second-order valence-corrected chi connectivity index (χ2v) is 3.91. The molecule has 0 aliphatic heterocycles. The van der Waals surface area contributed by atoms with E-state index in [1.54, 1.807) is 18.2 Å². The Morgan fingerprint density at radius 2 is 2.22 bits per heavy atom. The molecule has 1 aromatic rings. The van der Waals surface area contributed by atoms with E-state index in [0.29, 0.717) is 36.4 Å². The van der Waals surface area contributed by atoms with Crippen LogP contribution in [0.25, 0.3) is 0 Å². The van der Waals surface area contributed by atoms with E-state index < -0.39 is 0 Å². The molecule has 0 saturated carbocycles. The van der Waals surface area contributed by atoms with Crippen LogP contribution in [0.3, 0.4) is 0 Å². The molecular formula is C13H18N4O. The number of hydrogen-bond donors (Lipinski definition) is 3. The third-order valence-corrected chi connectivity index (χ3v) is 2.47. The van der Waals surface area contributed by atoms with E-state index in [1.807, 2.05) is 13.0 Å². The number of nitrogens with two attached hydrogens (primary N) is 1. The number of hydrogen-bond acceptors (Lipinski definition) is 4. The molecular weight excluding hydrogens is 228 g/mol. The van der Waals surface area contributed by atoms with Gasteiger partial charge in [-0.25, -0.2) is 0 Å². The molecule has 5 heteroatoms. The number of anilines is 2. The van der Waals surface area contributed by atoms with Gasteiger partial charge in [-0.2, -0.15) is 5.26 Å². The summed E-state index contributed by atoms with van der Waals surface area (Å²) in [5, 5.41) is 14.7. The Hall–Kier alpha value is -2.22. The van der Waals surface area contributed by atoms with Crippen LogP contribution < -0.4 is 16.4 Å². The standard InChI is InChI=1S/C13H18N4O/c1-2-7-17-12(18)6-8-16-11-5-3-4-10(9-14)13(11)15/h3-5,16H,2,6-8,15H2,1H3,(H,17,18). The second-order valence-electron chi connectivity index (χ2n) is 3.91. The third kappa shape index (κ3) is 3.98. The van der Waals surface area contributed by atoms with Gasteiger partial charge in [0.2, 0.25) is 5.91 Å². The molecule has 0 saturated heterocycles. The van der Waals surface area contributed by atoms with Crippen molar-refractivity contribution < 1.29 is 4.79 Å². The number of nitrogens with one attached hydrogen (secondary N) is 2. The zero-order valence-electron chi connectivity index (χ0n) is 10.5. The molecule has 0 spiro atoms. The first kappa shape index (κ1) is 13.8. The predicted molar refractivity (Wildman–Crippen MR) is 72.0 cm³/mol. The van der Waals surface area contributed by atoms with Gasteiger partial charge < -0.3 is 16.4 Å². The number of nitriles is 1. The Bertz CT molecular complexity index is 451. The highest BCUT2D eigenvalue weighted by Crippen LogP contribution is 2.21. The molecule has 1 aromatic carbocycles. The summed E-state index contributed by atoms with van der Waals surface area (Å²) in [7, 11) is 0. The van der Waals surface area contributed by atoms with Crippen LogP contribution in [-0.2, 0) is 4.79 Å². The van der Waals surface area contributed by atoms with E-state index in [2.05, 4.69) is 10.6 Å². The van der Waals surface area contributed by atoms with Crippen LogP contribution in [-0.4, -0.2) is 19.0 Å². The number of nitrogen functional groups attached to an aromatic ring is 1. The van der Waals surface area contributed by atoms with Crippen molar-refractivity contribution in [3.05, 3.63) is 23.8 Å². The molecule has 1 rings (SSSR count). The summed E-state index contributed by atoms with van der Waals surface area (Å²) in [6.07, 6.45) is 1.31. The highest BCUT2D eigenvalue weighted by molar-refractivity contribution is 5.77. The molecule has 0 fully saturated rings. The van der Waals surface area contributed by atoms with Crippen LogP contribution in [0, 0.1) is 11.3 Å². The molecule has 0 atom stereocenters. The number of nitrogens with zero attached hydrogens (tertiary/aromatic N) is 1. The molecule has 5 nitrogen and oxygen atoms in total. The lowest BCUT2D eigenvalue weighted by atomic mass is 10.1. The van der Waals surface area contributed by atoms with Crippen LogP contribution in [0.2, 0.25) is 0 Å². The summed E-state index contributed by atoms with van der Waals surface area (Å²) in [6.45, 7) is 3.20. The van der Waals surface area contributed by atoms with Crippen molar-refractivity contribution in [3.8, 4) is 6.07 Å². The Morgan fingerprint density at radius 3 is 2.89 bits per heavy atom. The summed E-state index contributed by atoms with van der Waals surface area (Å²) in [4.78, 5) is 11.4. The molecule has 96 valence electrons. The lowest BCUT2D eigenvalue weighted by molar-refractivity contribution is -0.120. The van der Waals surface area contributed by atoms with Gasteiger partial charge in [0.05, 0.1) is 16.9 Å². The number of benzene rings is 1. The zero-order valence-corrected chi connectivity index (χ0v) is 10.5. The predicted octanol–water partition coefficient (Wildman–Crippen LogP) is 1.47. The second kappa shape index (κ2) is 7.17. The van der Waals surface area contributed by atoms with Gasteiger partial charge in [-0.1, -0.05) is 13.0 Å². The number of carbonyl (C=O) groups excluding carboxylic acids is 1. The van der Waals surface area contributed by atoms with Crippen LogP contribution in [0.1, 0.15) is 25.3 Å². The molecule has 0 aromatic heterocycles. The first-order chi connectivity index (χ1) is 8.69. The molecule has 1 amide bonds. The molecule has 0 bridgehead atoms. The smallest absolute Gasteiger partial charge is 0.221 e. The minimum atomic E-state index is 0.0133. The van der Waals surface area contributed by atoms with Crippen molar-refractivity contribution in [2.75, 3.05) is 24.1 Å². The van der Waals surface area contributed by atoms with E-state index in [1.165, 1.54) is 0 Å². The minimum Gasteiger partial charge on any atom is -0.396 e. The van der Waals surface area contributed by atoms with Gasteiger partial charge in [-0.3, -0.25) is 4.79 Å². The number of amides is 1. The molecule has 0 aliphatic carbocycles. The van der Waals surface area contributed by atoms with Gasteiger partial charge in [0.1, 0.15) is 6.07 Å². The number of rotatable bonds is 6. The summed E-state index contributed by atoms with van der Waals surface area (Å²) in [6, 6.07) is 7.23. The van der Waals surface area contributed by atoms with Gasteiger partial charge >= 0.3 is 0 Å². The summed E-state index contributed by atoms with van der Waals surface area (Å²) in [5.74, 6) is 0.0133. The highest BCUT2D eigenvalue weighted by atomic mass is 16.1. The monoisotopic (exact) mass is 246 g/mol. The van der Waals surface area contributed by atoms with E-state index in [0.717, 1.165) is 6.42 Å². The Balaban J connectivity index is 2.45. The van der Waals surface area contributed by atoms with Gasteiger partial charge in [0.15, 0.2) is 0 Å². The van der Waals surface area contributed by atoms with Gasteiger partial charge in [-0.15, -0.1) is 0 Å². The Labute approximate surface area is 107 Å². The first-order valence-electron chi connectivity index (χ1n) is 5.98. The van der Waals surface area contributed by atoms with Gasteiger partial charge in [-0.05, 0) is 18.6 Å². The van der Waals surface area contributed by atoms with Crippen LogP contribution in [0.15, 0.2) is 18.2 Å². The molecule has 0 unspecified atom stereocenters. The van der Waals surface area contributed by atoms with Crippen molar-refractivity contribution in [1.82, 2.24) is 5.32 Å². The fraction of sp³-hybridized carbons (Fsp3) is 0.385. The topological polar surface area (TPSA) is 90.9 Å². The summed E-state index contributed by atoms with van der Waals surface area (Å²) >= 11 is 0. The fourth-order valence-electron chi connectivity index (χ4n) is 1.48. The van der Waals surface area contributed by atoms with Crippen molar-refractivity contribution in [1.29, 1.82) is 5.26 Å². The zero-order chi connectivity index (χ0) is 13.4. The quantitative estimate of drug-likeness (QED) is 0.663. The lowest BCUT2D eigenvalue weighted by Gasteiger charge is -2.10. The Morgan fingerprint density at radius 1 is 1.44 bits per heavy atom. The number of para-hydroxylation sites is 1. The molecule has 0 aliphatic rings. The maximum absolute atomic E-state index is 11.4. The minimum absolute atomic E-state index is 0.0133. The van der Waals surface area contributed by atoms with Gasteiger partial charge in [0.25, 0.3) is 0 Å². The average molecular weight is 246 g/mol. The SMILES string of the molecule is CCCNC(=O)CCNc1cccc(C#N)c1N. The first-order valence-corrected chi connectivity index (χ1v) is 5.98. The maximum Gasteiger partial charge on any atom is 0.221 e. The van der Waals surface area contributed by atoms with E-state index >= 15 is 0 Å². The highest BCUT2D eigenvalue weighted by Gasteiger charge is 2.04. The largest absolute Gasteiger partial charge is 0.396 e. The van der Waals surface area contributed by atoms with Crippen LogP contribution in [0.5, 0.6) is 0 Å². The van der Waals surface area contributed by atoms with Crippen molar-refractivity contribution in [3.63, 3.8) is 0 Å². The van der Waals surface area contributed by atoms with Crippen LogP contribution >= 0.6 is 0 Å². The third-order valence-electron chi connectivity index (χ3n) is 2.47. The van der Waals surface area contributed by atoms with E-state index in [9.17, 15) is 4.79 Å².